The highest BCUT2D eigenvalue weighted by molar-refractivity contribution is 6.06. The molecule has 3 aromatic rings. The molecule has 1 aliphatic carbocycles. The van der Waals surface area contributed by atoms with Gasteiger partial charge in [0.25, 0.3) is 0 Å². The predicted molar refractivity (Wildman–Crippen MR) is 158 cm³/mol. The van der Waals surface area contributed by atoms with Crippen LogP contribution in [0.3, 0.4) is 0 Å². The first-order valence-corrected chi connectivity index (χ1v) is 15.1. The zero-order chi connectivity index (χ0) is 30.4. The third-order valence-corrected chi connectivity index (χ3v) is 9.47. The Hall–Kier alpha value is -4.22. The first-order valence-electron chi connectivity index (χ1n) is 15.1. The topological polar surface area (TPSA) is 113 Å². The number of rotatable bonds is 6. The fraction of sp³-hybridized carbons (Fsp3) is 0.394. The van der Waals surface area contributed by atoms with Crippen LogP contribution in [0.15, 0.2) is 54.7 Å². The molecule has 44 heavy (non-hydrogen) atoms. The van der Waals surface area contributed by atoms with E-state index in [0.717, 1.165) is 35.6 Å². The smallest absolute Gasteiger partial charge is 0.244 e. The average Bonchev–Trinajstić information content (AvgIpc) is 3.51. The van der Waals surface area contributed by atoms with Crippen LogP contribution in [0.2, 0.25) is 0 Å². The van der Waals surface area contributed by atoms with Crippen molar-refractivity contribution in [3.63, 3.8) is 0 Å². The lowest BCUT2D eigenvalue weighted by atomic mass is 9.79. The number of carbonyl (C=O) groups is 3. The minimum absolute atomic E-state index is 0.0830. The van der Waals surface area contributed by atoms with Gasteiger partial charge in [0, 0.05) is 43.3 Å². The second-order valence-corrected chi connectivity index (χ2v) is 12.3. The normalized spacial score (nSPS) is 24.7. The zero-order valence-electron chi connectivity index (χ0n) is 24.1. The van der Waals surface area contributed by atoms with Crippen molar-refractivity contribution in [3.05, 3.63) is 88.6 Å². The highest BCUT2D eigenvalue weighted by atomic mass is 19.1. The highest BCUT2D eigenvalue weighted by Crippen LogP contribution is 2.47. The second kappa shape index (κ2) is 11.4. The van der Waals surface area contributed by atoms with Gasteiger partial charge in [-0.1, -0.05) is 12.1 Å². The minimum Gasteiger partial charge on any atom is -0.381 e. The number of carbonyl (C=O) groups excluding carboxylic acids is 3. The molecule has 11 heteroatoms. The Labute approximate surface area is 253 Å². The summed E-state index contributed by atoms with van der Waals surface area (Å²) in [6.07, 6.45) is 4.98. The number of benzene rings is 2. The van der Waals surface area contributed by atoms with E-state index < -0.39 is 35.0 Å². The van der Waals surface area contributed by atoms with Gasteiger partial charge in [-0.05, 0) is 85.0 Å². The minimum atomic E-state index is -0.744. The molecule has 4 heterocycles. The summed E-state index contributed by atoms with van der Waals surface area (Å²) in [4.78, 5) is 46.0. The van der Waals surface area contributed by atoms with Crippen molar-refractivity contribution in [2.75, 3.05) is 36.9 Å². The third kappa shape index (κ3) is 5.24. The second-order valence-electron chi connectivity index (χ2n) is 12.3. The van der Waals surface area contributed by atoms with E-state index in [4.69, 9.17) is 4.74 Å². The van der Waals surface area contributed by atoms with Gasteiger partial charge in [0.05, 0.1) is 17.5 Å². The maximum absolute atomic E-state index is 14.2. The summed E-state index contributed by atoms with van der Waals surface area (Å²) < 4.78 is 33.8. The van der Waals surface area contributed by atoms with E-state index in [1.165, 1.54) is 17.0 Å². The molecule has 1 aromatic heterocycles. The van der Waals surface area contributed by atoms with Gasteiger partial charge in [-0.25, -0.2) is 13.8 Å². The number of anilines is 2. The first kappa shape index (κ1) is 28.5. The molecule has 0 radical (unpaired) electrons. The lowest BCUT2D eigenvalue weighted by Crippen LogP contribution is -2.58. The maximum atomic E-state index is 14.2. The molecule has 0 bridgehead atoms. The summed E-state index contributed by atoms with van der Waals surface area (Å²) >= 11 is 0. The molecular formula is C33H33F2N5O4. The number of piperazine rings is 1. The van der Waals surface area contributed by atoms with Crippen LogP contribution in [-0.2, 0) is 37.4 Å². The summed E-state index contributed by atoms with van der Waals surface area (Å²) in [5, 5.41) is 9.08. The van der Waals surface area contributed by atoms with Gasteiger partial charge < -0.3 is 25.6 Å². The van der Waals surface area contributed by atoms with Crippen molar-refractivity contribution in [2.45, 2.75) is 49.6 Å². The van der Waals surface area contributed by atoms with Crippen molar-refractivity contribution in [2.24, 2.45) is 5.92 Å². The van der Waals surface area contributed by atoms with Crippen LogP contribution >= 0.6 is 0 Å². The van der Waals surface area contributed by atoms with E-state index in [1.807, 2.05) is 24.3 Å². The van der Waals surface area contributed by atoms with Crippen molar-refractivity contribution < 1.29 is 27.9 Å². The lowest BCUT2D eigenvalue weighted by Gasteiger charge is -2.41. The number of hydrogen-bond acceptors (Lipinski definition) is 6. The van der Waals surface area contributed by atoms with Gasteiger partial charge in [-0.15, -0.1) is 0 Å². The molecule has 2 aromatic carbocycles. The molecule has 3 N–H and O–H groups in total. The van der Waals surface area contributed by atoms with Crippen molar-refractivity contribution in [3.8, 4) is 0 Å². The number of hydrogen-bond donors (Lipinski definition) is 3. The summed E-state index contributed by atoms with van der Waals surface area (Å²) in [6, 6.07) is 11.3. The number of aromatic nitrogens is 1. The Bertz CT molecular complexity index is 1620. The molecule has 2 saturated heterocycles. The third-order valence-electron chi connectivity index (χ3n) is 9.47. The van der Waals surface area contributed by atoms with E-state index in [0.29, 0.717) is 49.9 Å². The molecule has 7 rings (SSSR count). The van der Waals surface area contributed by atoms with Gasteiger partial charge in [0.15, 0.2) is 0 Å². The molecule has 228 valence electrons. The molecule has 1 spiro atoms. The molecule has 3 atom stereocenters. The fourth-order valence-electron chi connectivity index (χ4n) is 7.26. The molecule has 9 nitrogen and oxygen atoms in total. The lowest BCUT2D eigenvalue weighted by molar-refractivity contribution is -0.142. The Morgan fingerprint density at radius 3 is 2.61 bits per heavy atom. The quantitative estimate of drug-likeness (QED) is 0.398. The fourth-order valence-corrected chi connectivity index (χ4v) is 7.26. The van der Waals surface area contributed by atoms with Crippen LogP contribution in [0.4, 0.5) is 20.3 Å². The number of nitrogens with one attached hydrogen (secondary N) is 3. The Morgan fingerprint density at radius 1 is 1.05 bits per heavy atom. The number of halogens is 2. The van der Waals surface area contributed by atoms with Gasteiger partial charge >= 0.3 is 0 Å². The van der Waals surface area contributed by atoms with Gasteiger partial charge in [-0.2, -0.15) is 0 Å². The number of pyridine rings is 1. The Morgan fingerprint density at radius 2 is 1.82 bits per heavy atom. The maximum Gasteiger partial charge on any atom is 0.244 e. The molecule has 3 unspecified atom stereocenters. The van der Waals surface area contributed by atoms with Crippen LogP contribution in [0.1, 0.15) is 47.6 Å². The summed E-state index contributed by atoms with van der Waals surface area (Å²) in [7, 11) is 0. The number of nitrogens with zero attached hydrogens (tertiary/aromatic N) is 2. The van der Waals surface area contributed by atoms with E-state index >= 15 is 0 Å². The Kier molecular flexibility index (Phi) is 7.37. The molecule has 3 amide bonds. The summed E-state index contributed by atoms with van der Waals surface area (Å²) in [6.45, 7) is 1.28. The van der Waals surface area contributed by atoms with Crippen molar-refractivity contribution in [1.29, 1.82) is 0 Å². The largest absolute Gasteiger partial charge is 0.381 e. The monoisotopic (exact) mass is 601 g/mol. The van der Waals surface area contributed by atoms with E-state index in [9.17, 15) is 23.2 Å². The van der Waals surface area contributed by atoms with Crippen molar-refractivity contribution >= 4 is 29.2 Å². The molecule has 4 aliphatic rings. The molecule has 0 saturated carbocycles. The van der Waals surface area contributed by atoms with Gasteiger partial charge in [0.2, 0.25) is 17.7 Å². The van der Waals surface area contributed by atoms with Crippen LogP contribution < -0.4 is 16.0 Å². The number of amides is 3. The SMILES string of the molecule is O=C(CN1C(=O)C(CC2CCOCC2)NCC1c1cc(F)cc(F)c1)Nc1ccc2c(c1)CC1(C2)C(=O)Nc2ncccc21. The van der Waals surface area contributed by atoms with Crippen LogP contribution in [-0.4, -0.2) is 60.0 Å². The zero-order valence-corrected chi connectivity index (χ0v) is 24.1. The molecule has 2 fully saturated rings. The first-order chi connectivity index (χ1) is 21.3. The highest BCUT2D eigenvalue weighted by Gasteiger charge is 2.51. The molecule has 3 aliphatic heterocycles. The van der Waals surface area contributed by atoms with E-state index in [-0.39, 0.29) is 30.5 Å². The van der Waals surface area contributed by atoms with Crippen LogP contribution in [0, 0.1) is 17.6 Å². The van der Waals surface area contributed by atoms with Gasteiger partial charge in [-0.3, -0.25) is 14.4 Å². The number of fused-ring (bicyclic) bond motifs is 3. The van der Waals surface area contributed by atoms with Crippen molar-refractivity contribution in [1.82, 2.24) is 15.2 Å². The average molecular weight is 602 g/mol. The Balaban J connectivity index is 1.09. The summed E-state index contributed by atoms with van der Waals surface area (Å²) in [5.74, 6) is -1.38. The molecular weight excluding hydrogens is 568 g/mol. The van der Waals surface area contributed by atoms with E-state index in [1.54, 1.807) is 12.3 Å². The predicted octanol–water partition coefficient (Wildman–Crippen LogP) is 3.65. The van der Waals surface area contributed by atoms with E-state index in [2.05, 4.69) is 20.9 Å². The summed E-state index contributed by atoms with van der Waals surface area (Å²) in [5.41, 5.74) is 2.96. The van der Waals surface area contributed by atoms with Crippen LogP contribution in [0.25, 0.3) is 0 Å². The number of ether oxygens (including phenoxy) is 1. The van der Waals surface area contributed by atoms with Crippen LogP contribution in [0.5, 0.6) is 0 Å². The van der Waals surface area contributed by atoms with Gasteiger partial charge in [0.1, 0.15) is 24.0 Å². The standard InChI is InChI=1S/C33H33F2N5O4/c34-23-11-21(12-24(35)14-23)28-17-37-27(10-19-5-8-44-9-6-19)31(42)40(28)18-29(41)38-25-4-3-20-15-33(16-22(20)13-25)26-2-1-7-36-30(26)39-32(33)43/h1-4,7,11-14,19,27-28,37H,5-6,8-10,15-18H2,(H,38,41)(H,36,39,43).